The SMILES string of the molecule is Cc1c(C#N)c(C(F)(F)F)nc(N2CCCC(F)(F)CC2)c1C(=O)Nc1cccc([S@@](C)(=O)=NC(=O)CN)c1. The number of amides is 2. The molecule has 3 rings (SSSR count). The van der Waals surface area contributed by atoms with Crippen LogP contribution < -0.4 is 16.0 Å². The van der Waals surface area contributed by atoms with Gasteiger partial charge >= 0.3 is 6.18 Å². The zero-order valence-corrected chi connectivity index (χ0v) is 21.8. The fourth-order valence-corrected chi connectivity index (χ4v) is 5.34. The van der Waals surface area contributed by atoms with Crippen molar-refractivity contribution < 1.29 is 35.8 Å². The first-order valence-electron chi connectivity index (χ1n) is 11.6. The van der Waals surface area contributed by atoms with Gasteiger partial charge < -0.3 is 16.0 Å². The van der Waals surface area contributed by atoms with Gasteiger partial charge in [-0.25, -0.2) is 18.0 Å². The molecule has 9 nitrogen and oxygen atoms in total. The zero-order valence-electron chi connectivity index (χ0n) is 20.9. The Bertz CT molecular complexity index is 1460. The van der Waals surface area contributed by atoms with Gasteiger partial charge in [-0.05, 0) is 37.1 Å². The number of alkyl halides is 5. The molecule has 1 aliphatic heterocycles. The number of carbonyl (C=O) groups excluding carboxylic acids is 2. The number of hydrogen-bond acceptors (Lipinski definition) is 7. The van der Waals surface area contributed by atoms with E-state index in [9.17, 15) is 41.0 Å². The average Bonchev–Trinajstić information content (AvgIpc) is 3.02. The first-order valence-corrected chi connectivity index (χ1v) is 13.5. The molecule has 2 heterocycles. The second-order valence-corrected chi connectivity index (χ2v) is 11.2. The Morgan fingerprint density at radius 2 is 1.97 bits per heavy atom. The topological polar surface area (TPSA) is 142 Å². The fraction of sp³-hybridized carbons (Fsp3) is 0.417. The molecule has 0 unspecified atom stereocenters. The summed E-state index contributed by atoms with van der Waals surface area (Å²) >= 11 is 0. The predicted octanol–water partition coefficient (Wildman–Crippen LogP) is 4.10. The number of rotatable bonds is 5. The molecule has 210 valence electrons. The van der Waals surface area contributed by atoms with Crippen molar-refractivity contribution in [2.45, 2.75) is 43.2 Å². The van der Waals surface area contributed by atoms with Crippen LogP contribution >= 0.6 is 0 Å². The van der Waals surface area contributed by atoms with E-state index in [1.165, 1.54) is 41.5 Å². The van der Waals surface area contributed by atoms with Crippen molar-refractivity contribution in [2.24, 2.45) is 10.1 Å². The summed E-state index contributed by atoms with van der Waals surface area (Å²) in [6.07, 6.45) is -5.05. The molecule has 2 aromatic rings. The number of halogens is 5. The Kier molecular flexibility index (Phi) is 8.61. The largest absolute Gasteiger partial charge is 0.434 e. The first-order chi connectivity index (χ1) is 18.1. The molecule has 0 spiro atoms. The lowest BCUT2D eigenvalue weighted by Gasteiger charge is -2.27. The van der Waals surface area contributed by atoms with Gasteiger partial charge in [0.15, 0.2) is 5.69 Å². The van der Waals surface area contributed by atoms with E-state index >= 15 is 0 Å². The third-order valence-corrected chi connectivity index (χ3v) is 7.71. The van der Waals surface area contributed by atoms with E-state index in [0.29, 0.717) is 0 Å². The molecule has 1 aromatic heterocycles. The standard InChI is InChI=1S/C24H25F5N6O3S/c1-14-17(12-30)20(24(27,28)29)33-21(35-9-4-7-23(25,26)8-10-35)19(14)22(37)32-15-5-3-6-16(11-15)39(2,38)34-18(36)13-31/h3,5-6,11H,4,7-10,13,31H2,1-2H3,(H,32,37)/t39-/m1/s1. The van der Waals surface area contributed by atoms with Crippen LogP contribution in [-0.2, 0) is 20.7 Å². The molecule has 0 aliphatic carbocycles. The van der Waals surface area contributed by atoms with E-state index in [0.717, 1.165) is 6.92 Å². The quantitative estimate of drug-likeness (QED) is 0.514. The number of aromatic nitrogens is 1. The summed E-state index contributed by atoms with van der Waals surface area (Å²) in [7, 11) is -3.24. The number of nitrogens with two attached hydrogens (primary N) is 1. The number of pyridine rings is 1. The van der Waals surface area contributed by atoms with Crippen LogP contribution in [0.5, 0.6) is 0 Å². The summed E-state index contributed by atoms with van der Waals surface area (Å²) in [5.41, 5.74) is 2.15. The highest BCUT2D eigenvalue weighted by molar-refractivity contribution is 7.93. The Hall–Kier alpha value is -3.64. The summed E-state index contributed by atoms with van der Waals surface area (Å²) in [4.78, 5) is 29.9. The minimum absolute atomic E-state index is 0.0497. The van der Waals surface area contributed by atoms with Gasteiger partial charge in [-0.3, -0.25) is 9.59 Å². The van der Waals surface area contributed by atoms with E-state index < -0.39 is 75.7 Å². The molecule has 0 bridgehead atoms. The summed E-state index contributed by atoms with van der Waals surface area (Å²) in [5.74, 6) is -5.28. The highest BCUT2D eigenvalue weighted by Crippen LogP contribution is 2.38. The highest BCUT2D eigenvalue weighted by atomic mass is 32.2. The maximum atomic E-state index is 14.0. The molecule has 0 saturated carbocycles. The number of hydrogen-bond donors (Lipinski definition) is 2. The lowest BCUT2D eigenvalue weighted by molar-refractivity contribution is -0.141. The van der Waals surface area contributed by atoms with Crippen LogP contribution in [0.25, 0.3) is 0 Å². The van der Waals surface area contributed by atoms with Crippen LogP contribution in [0.15, 0.2) is 33.5 Å². The molecule has 1 saturated heterocycles. The summed E-state index contributed by atoms with van der Waals surface area (Å²) in [5, 5.41) is 12.0. The molecule has 1 atom stereocenters. The number of anilines is 2. The maximum Gasteiger partial charge on any atom is 0.434 e. The van der Waals surface area contributed by atoms with Crippen molar-refractivity contribution in [2.75, 3.05) is 36.1 Å². The van der Waals surface area contributed by atoms with Gasteiger partial charge in [0.2, 0.25) is 5.92 Å². The van der Waals surface area contributed by atoms with Crippen LogP contribution in [0.3, 0.4) is 0 Å². The van der Waals surface area contributed by atoms with Crippen LogP contribution in [0.1, 0.15) is 46.4 Å². The number of carbonyl (C=O) groups is 2. The number of nitrogens with zero attached hydrogens (tertiary/aromatic N) is 4. The van der Waals surface area contributed by atoms with Gasteiger partial charge in [0, 0.05) is 42.8 Å². The summed E-state index contributed by atoms with van der Waals surface area (Å²) in [6, 6.07) is 6.91. The van der Waals surface area contributed by atoms with Crippen LogP contribution in [0.4, 0.5) is 33.5 Å². The van der Waals surface area contributed by atoms with E-state index in [2.05, 4.69) is 14.7 Å². The summed E-state index contributed by atoms with van der Waals surface area (Å²) in [6.45, 7) is 0.226. The molecule has 39 heavy (non-hydrogen) atoms. The molecule has 3 N–H and O–H groups in total. The van der Waals surface area contributed by atoms with Crippen molar-refractivity contribution >= 4 is 33.0 Å². The second kappa shape index (κ2) is 11.2. The van der Waals surface area contributed by atoms with Crippen molar-refractivity contribution in [1.82, 2.24) is 4.98 Å². The van der Waals surface area contributed by atoms with E-state index in [1.807, 2.05) is 0 Å². The smallest absolute Gasteiger partial charge is 0.356 e. The Morgan fingerprint density at radius 3 is 2.59 bits per heavy atom. The van der Waals surface area contributed by atoms with Crippen molar-refractivity contribution in [3.8, 4) is 6.07 Å². The molecular weight excluding hydrogens is 547 g/mol. The minimum atomic E-state index is -5.05. The summed E-state index contributed by atoms with van der Waals surface area (Å²) < 4.78 is 85.9. The molecule has 1 aliphatic rings. The zero-order chi connectivity index (χ0) is 29.2. The predicted molar refractivity (Wildman–Crippen MR) is 133 cm³/mol. The number of nitrogens with one attached hydrogen (secondary N) is 1. The van der Waals surface area contributed by atoms with Crippen LogP contribution in [0, 0.1) is 18.3 Å². The number of benzene rings is 1. The highest BCUT2D eigenvalue weighted by Gasteiger charge is 2.40. The Morgan fingerprint density at radius 1 is 1.28 bits per heavy atom. The molecule has 2 amide bonds. The van der Waals surface area contributed by atoms with E-state index in [4.69, 9.17) is 5.73 Å². The molecule has 15 heteroatoms. The first kappa shape index (κ1) is 29.9. The van der Waals surface area contributed by atoms with Gasteiger partial charge in [0.25, 0.3) is 11.8 Å². The van der Waals surface area contributed by atoms with E-state index in [-0.39, 0.29) is 35.7 Å². The average molecular weight is 573 g/mol. The van der Waals surface area contributed by atoms with Gasteiger partial charge in [-0.15, -0.1) is 0 Å². The van der Waals surface area contributed by atoms with Gasteiger partial charge in [0.05, 0.1) is 27.4 Å². The molecule has 1 aromatic carbocycles. The molecule has 0 radical (unpaired) electrons. The van der Waals surface area contributed by atoms with Crippen molar-refractivity contribution in [1.29, 1.82) is 5.26 Å². The minimum Gasteiger partial charge on any atom is -0.356 e. The maximum absolute atomic E-state index is 14.0. The normalized spacial score (nSPS) is 16.9. The van der Waals surface area contributed by atoms with Gasteiger partial charge in [-0.1, -0.05) is 6.07 Å². The van der Waals surface area contributed by atoms with Crippen LogP contribution in [-0.4, -0.2) is 52.8 Å². The lowest BCUT2D eigenvalue weighted by atomic mass is 10.00. The van der Waals surface area contributed by atoms with E-state index in [1.54, 1.807) is 0 Å². The van der Waals surface area contributed by atoms with Crippen LogP contribution in [0.2, 0.25) is 0 Å². The third kappa shape index (κ3) is 6.87. The van der Waals surface area contributed by atoms with Crippen molar-refractivity contribution in [3.63, 3.8) is 0 Å². The lowest BCUT2D eigenvalue weighted by Crippen LogP contribution is -2.31. The van der Waals surface area contributed by atoms with Crippen molar-refractivity contribution in [3.05, 3.63) is 46.6 Å². The third-order valence-electron chi connectivity index (χ3n) is 6.03. The molecule has 1 fully saturated rings. The number of nitriles is 1. The second-order valence-electron chi connectivity index (χ2n) is 8.94. The molecular formula is C24H25F5N6O3S. The van der Waals surface area contributed by atoms with Gasteiger partial charge in [-0.2, -0.15) is 22.8 Å². The Balaban J connectivity index is 2.12. The van der Waals surface area contributed by atoms with Gasteiger partial charge in [0.1, 0.15) is 11.9 Å². The monoisotopic (exact) mass is 572 g/mol. The fourth-order valence-electron chi connectivity index (χ4n) is 4.09. The Labute approximate surface area is 221 Å².